The molecule has 0 aliphatic carbocycles. The molecule has 0 spiro atoms. The van der Waals surface area contributed by atoms with Crippen LogP contribution in [-0.2, 0) is 11.2 Å². The number of carbonyl (C=O) groups is 1. The van der Waals surface area contributed by atoms with Crippen LogP contribution in [-0.4, -0.2) is 31.8 Å². The molecule has 25 heavy (non-hydrogen) atoms. The van der Waals surface area contributed by atoms with Crippen molar-refractivity contribution in [2.75, 3.05) is 19.6 Å². The smallest absolute Gasteiger partial charge is 0.227 e. The molecule has 0 radical (unpaired) electrons. The van der Waals surface area contributed by atoms with E-state index in [2.05, 4.69) is 59.4 Å². The van der Waals surface area contributed by atoms with Crippen LogP contribution in [0.2, 0.25) is 0 Å². The van der Waals surface area contributed by atoms with Crippen LogP contribution in [0.5, 0.6) is 0 Å². The first-order valence-electron chi connectivity index (χ1n) is 9.30. The van der Waals surface area contributed by atoms with E-state index in [0.717, 1.165) is 31.5 Å². The molecule has 5 nitrogen and oxygen atoms in total. The Morgan fingerprint density at radius 1 is 1.20 bits per heavy atom. The standard InChI is InChI=1S/C20H32N4O/c1-15(2)14-17-6-8-18(9-7-17)16(3)19(25)21-10-4-11-22-20-23-12-5-13-24-20/h5-9,12,15-16,20,22-24H,4,10-11,13-14H2,1-3H3,(H,21,25). The van der Waals surface area contributed by atoms with E-state index in [4.69, 9.17) is 0 Å². The quantitative estimate of drug-likeness (QED) is 0.518. The zero-order valence-corrected chi connectivity index (χ0v) is 15.6. The number of hydrogen-bond donors (Lipinski definition) is 4. The van der Waals surface area contributed by atoms with Crippen LogP contribution in [0, 0.1) is 5.92 Å². The van der Waals surface area contributed by atoms with Gasteiger partial charge in [0.2, 0.25) is 5.91 Å². The molecule has 1 aromatic rings. The zero-order valence-electron chi connectivity index (χ0n) is 15.6. The maximum absolute atomic E-state index is 12.3. The summed E-state index contributed by atoms with van der Waals surface area (Å²) in [5.41, 5.74) is 2.41. The summed E-state index contributed by atoms with van der Waals surface area (Å²) in [6, 6.07) is 8.44. The highest BCUT2D eigenvalue weighted by molar-refractivity contribution is 5.83. The van der Waals surface area contributed by atoms with E-state index >= 15 is 0 Å². The van der Waals surface area contributed by atoms with Crippen LogP contribution in [0.4, 0.5) is 0 Å². The van der Waals surface area contributed by atoms with E-state index in [9.17, 15) is 4.79 Å². The van der Waals surface area contributed by atoms with Crippen LogP contribution in [0.3, 0.4) is 0 Å². The molecular weight excluding hydrogens is 312 g/mol. The fourth-order valence-electron chi connectivity index (χ4n) is 2.86. The van der Waals surface area contributed by atoms with Gasteiger partial charge < -0.3 is 10.6 Å². The Hall–Kier alpha value is -1.85. The molecule has 0 fully saturated rings. The predicted octanol–water partition coefficient (Wildman–Crippen LogP) is 2.07. The molecule has 2 rings (SSSR count). The lowest BCUT2D eigenvalue weighted by Crippen LogP contribution is -2.53. The van der Waals surface area contributed by atoms with Gasteiger partial charge in [-0.15, -0.1) is 0 Å². The Balaban J connectivity index is 1.66. The molecule has 0 saturated heterocycles. The lowest BCUT2D eigenvalue weighted by molar-refractivity contribution is -0.122. The summed E-state index contributed by atoms with van der Waals surface area (Å²) in [5, 5.41) is 12.8. The Morgan fingerprint density at radius 3 is 2.60 bits per heavy atom. The van der Waals surface area contributed by atoms with Crippen molar-refractivity contribution in [1.82, 2.24) is 21.3 Å². The normalized spacial score (nSPS) is 18.0. The Morgan fingerprint density at radius 2 is 1.96 bits per heavy atom. The van der Waals surface area contributed by atoms with Gasteiger partial charge in [-0.25, -0.2) is 0 Å². The minimum absolute atomic E-state index is 0.0912. The molecule has 1 aromatic carbocycles. The van der Waals surface area contributed by atoms with Gasteiger partial charge in [0.15, 0.2) is 0 Å². The van der Waals surface area contributed by atoms with Crippen LogP contribution >= 0.6 is 0 Å². The Bertz CT molecular complexity index is 553. The summed E-state index contributed by atoms with van der Waals surface area (Å²) in [4.78, 5) is 12.3. The van der Waals surface area contributed by atoms with Crippen LogP contribution in [0.25, 0.3) is 0 Å². The van der Waals surface area contributed by atoms with Crippen molar-refractivity contribution in [1.29, 1.82) is 0 Å². The van der Waals surface area contributed by atoms with E-state index in [0.29, 0.717) is 12.5 Å². The van der Waals surface area contributed by atoms with Crippen molar-refractivity contribution in [3.63, 3.8) is 0 Å². The van der Waals surface area contributed by atoms with Gasteiger partial charge in [-0.05, 0) is 49.6 Å². The van der Waals surface area contributed by atoms with E-state index in [1.807, 2.05) is 19.2 Å². The summed E-state index contributed by atoms with van der Waals surface area (Å²) in [5.74, 6) is 0.622. The largest absolute Gasteiger partial charge is 0.364 e. The Kier molecular flexibility index (Phi) is 7.95. The maximum Gasteiger partial charge on any atom is 0.227 e. The summed E-state index contributed by atoms with van der Waals surface area (Å²) < 4.78 is 0. The summed E-state index contributed by atoms with van der Waals surface area (Å²) in [6.07, 6.45) is 6.08. The summed E-state index contributed by atoms with van der Waals surface area (Å²) >= 11 is 0. The minimum atomic E-state index is -0.118. The van der Waals surface area contributed by atoms with E-state index < -0.39 is 0 Å². The van der Waals surface area contributed by atoms with E-state index in [1.54, 1.807) is 0 Å². The average molecular weight is 345 g/mol. The summed E-state index contributed by atoms with van der Waals surface area (Å²) in [6.45, 7) is 8.80. The van der Waals surface area contributed by atoms with Gasteiger partial charge in [-0.3, -0.25) is 15.4 Å². The predicted molar refractivity (Wildman–Crippen MR) is 103 cm³/mol. The minimum Gasteiger partial charge on any atom is -0.364 e. The highest BCUT2D eigenvalue weighted by atomic mass is 16.1. The van der Waals surface area contributed by atoms with Crippen molar-refractivity contribution in [3.05, 3.63) is 47.7 Å². The zero-order chi connectivity index (χ0) is 18.1. The van der Waals surface area contributed by atoms with Crippen molar-refractivity contribution >= 4 is 5.91 Å². The van der Waals surface area contributed by atoms with E-state index in [-0.39, 0.29) is 18.1 Å². The number of benzene rings is 1. The Labute approximate surface area is 151 Å². The third-order valence-electron chi connectivity index (χ3n) is 4.34. The van der Waals surface area contributed by atoms with Crippen molar-refractivity contribution in [3.8, 4) is 0 Å². The number of amides is 1. The van der Waals surface area contributed by atoms with Gasteiger partial charge in [0.25, 0.3) is 0 Å². The average Bonchev–Trinajstić information content (AvgIpc) is 2.61. The number of hydrogen-bond acceptors (Lipinski definition) is 4. The third kappa shape index (κ3) is 6.88. The van der Waals surface area contributed by atoms with E-state index in [1.165, 1.54) is 5.56 Å². The number of rotatable bonds is 9. The van der Waals surface area contributed by atoms with Crippen LogP contribution in [0.1, 0.15) is 44.2 Å². The molecule has 1 heterocycles. The SMILES string of the molecule is CC(C)Cc1ccc(C(C)C(=O)NCCCNC2NC=CCN2)cc1. The van der Waals surface area contributed by atoms with Gasteiger partial charge in [-0.2, -0.15) is 0 Å². The van der Waals surface area contributed by atoms with Gasteiger partial charge in [-0.1, -0.05) is 44.2 Å². The first-order valence-corrected chi connectivity index (χ1v) is 9.30. The second-order valence-electron chi connectivity index (χ2n) is 7.07. The summed E-state index contributed by atoms with van der Waals surface area (Å²) in [7, 11) is 0. The molecule has 0 aromatic heterocycles. The molecule has 0 bridgehead atoms. The second kappa shape index (κ2) is 10.2. The topological polar surface area (TPSA) is 65.2 Å². The highest BCUT2D eigenvalue weighted by Crippen LogP contribution is 2.17. The molecular formula is C20H32N4O. The highest BCUT2D eigenvalue weighted by Gasteiger charge is 2.14. The lowest BCUT2D eigenvalue weighted by Gasteiger charge is -2.23. The van der Waals surface area contributed by atoms with Crippen molar-refractivity contribution in [2.45, 2.75) is 45.8 Å². The molecule has 1 amide bonds. The molecule has 2 atom stereocenters. The second-order valence-corrected chi connectivity index (χ2v) is 7.07. The first kappa shape index (κ1) is 19.5. The monoisotopic (exact) mass is 344 g/mol. The van der Waals surface area contributed by atoms with Crippen LogP contribution in [0.15, 0.2) is 36.5 Å². The molecule has 1 aliphatic heterocycles. The molecule has 2 unspecified atom stereocenters. The van der Waals surface area contributed by atoms with Crippen molar-refractivity contribution < 1.29 is 4.79 Å². The van der Waals surface area contributed by atoms with Gasteiger partial charge in [0.1, 0.15) is 6.29 Å². The van der Waals surface area contributed by atoms with Crippen molar-refractivity contribution in [2.24, 2.45) is 5.92 Å². The molecule has 138 valence electrons. The maximum atomic E-state index is 12.3. The first-order chi connectivity index (χ1) is 12.1. The van der Waals surface area contributed by atoms with Crippen LogP contribution < -0.4 is 21.3 Å². The molecule has 5 heteroatoms. The van der Waals surface area contributed by atoms with Gasteiger partial charge in [0.05, 0.1) is 5.92 Å². The lowest BCUT2D eigenvalue weighted by atomic mass is 9.96. The molecule has 1 aliphatic rings. The number of nitrogens with one attached hydrogen (secondary N) is 4. The third-order valence-corrected chi connectivity index (χ3v) is 4.34. The fourth-order valence-corrected chi connectivity index (χ4v) is 2.86. The molecule has 0 saturated carbocycles. The molecule has 4 N–H and O–H groups in total. The van der Waals surface area contributed by atoms with Gasteiger partial charge >= 0.3 is 0 Å². The number of carbonyl (C=O) groups excluding carboxylic acids is 1. The fraction of sp³-hybridized carbons (Fsp3) is 0.550. The van der Waals surface area contributed by atoms with Gasteiger partial charge in [0, 0.05) is 13.1 Å².